The number of rotatable bonds is 5. The first kappa shape index (κ1) is 15.5. The molecule has 0 radical (unpaired) electrons. The van der Waals surface area contributed by atoms with E-state index in [-0.39, 0.29) is 5.92 Å². The van der Waals surface area contributed by atoms with E-state index in [1.807, 2.05) is 23.1 Å². The summed E-state index contributed by atoms with van der Waals surface area (Å²) in [5, 5.41) is 0. The maximum Gasteiger partial charge on any atom is 0.226 e. The van der Waals surface area contributed by atoms with Gasteiger partial charge in [0.1, 0.15) is 0 Å². The van der Waals surface area contributed by atoms with Crippen molar-refractivity contribution >= 4 is 21.8 Å². The second-order valence-corrected chi connectivity index (χ2v) is 6.43. The maximum atomic E-state index is 12.6. The van der Waals surface area contributed by atoms with E-state index in [1.165, 1.54) is 5.56 Å². The van der Waals surface area contributed by atoms with E-state index in [4.69, 9.17) is 5.73 Å². The molecule has 2 rings (SSSR count). The Morgan fingerprint density at radius 3 is 2.85 bits per heavy atom. The molecule has 1 amide bonds. The summed E-state index contributed by atoms with van der Waals surface area (Å²) in [4.78, 5) is 14.6. The van der Waals surface area contributed by atoms with Crippen LogP contribution in [0, 0.1) is 11.8 Å². The summed E-state index contributed by atoms with van der Waals surface area (Å²) in [6.45, 7) is 4.48. The Morgan fingerprint density at radius 2 is 2.25 bits per heavy atom. The van der Waals surface area contributed by atoms with Gasteiger partial charge >= 0.3 is 0 Å². The fraction of sp³-hybridized carbons (Fsp3) is 0.562. The van der Waals surface area contributed by atoms with Crippen LogP contribution in [0.3, 0.4) is 0 Å². The van der Waals surface area contributed by atoms with E-state index in [1.54, 1.807) is 0 Å². The van der Waals surface area contributed by atoms with Gasteiger partial charge in [-0.1, -0.05) is 41.1 Å². The Kier molecular flexibility index (Phi) is 5.61. The zero-order valence-electron chi connectivity index (χ0n) is 12.0. The van der Waals surface area contributed by atoms with Crippen molar-refractivity contribution in [1.82, 2.24) is 4.90 Å². The molecule has 1 fully saturated rings. The van der Waals surface area contributed by atoms with Crippen LogP contribution in [0.25, 0.3) is 0 Å². The average molecular weight is 339 g/mol. The highest BCUT2D eigenvalue weighted by atomic mass is 79.9. The number of carbonyl (C=O) groups is 1. The fourth-order valence-corrected chi connectivity index (χ4v) is 3.27. The minimum absolute atomic E-state index is 0.0743. The summed E-state index contributed by atoms with van der Waals surface area (Å²) in [5.41, 5.74) is 6.91. The molecule has 0 unspecified atom stereocenters. The van der Waals surface area contributed by atoms with Gasteiger partial charge in [-0.05, 0) is 43.4 Å². The SMILES string of the molecule is CC[C@H](Cc1ccccc1Br)C(=O)N1CC[C@H](CN)C1. The summed E-state index contributed by atoms with van der Waals surface area (Å²) in [7, 11) is 0. The molecule has 0 spiro atoms. The molecule has 1 saturated heterocycles. The van der Waals surface area contributed by atoms with Gasteiger partial charge in [0.05, 0.1) is 0 Å². The molecule has 0 aliphatic carbocycles. The Bertz CT molecular complexity index is 464. The topological polar surface area (TPSA) is 46.3 Å². The highest BCUT2D eigenvalue weighted by Crippen LogP contribution is 2.24. The first-order chi connectivity index (χ1) is 9.65. The normalized spacial score (nSPS) is 20.1. The van der Waals surface area contributed by atoms with Crippen molar-refractivity contribution in [3.63, 3.8) is 0 Å². The number of amides is 1. The van der Waals surface area contributed by atoms with Gasteiger partial charge in [0.2, 0.25) is 5.91 Å². The Labute approximate surface area is 129 Å². The lowest BCUT2D eigenvalue weighted by molar-refractivity contribution is -0.134. The predicted octanol–water partition coefficient (Wildman–Crippen LogP) is 2.83. The van der Waals surface area contributed by atoms with Crippen molar-refractivity contribution in [2.24, 2.45) is 17.6 Å². The fourth-order valence-electron chi connectivity index (χ4n) is 2.82. The minimum atomic E-state index is 0.0743. The van der Waals surface area contributed by atoms with Crippen LogP contribution in [0.1, 0.15) is 25.3 Å². The second kappa shape index (κ2) is 7.23. The third-order valence-corrected chi connectivity index (χ3v) is 4.97. The summed E-state index contributed by atoms with van der Waals surface area (Å²) in [5.74, 6) is 0.851. The molecule has 2 atom stereocenters. The number of likely N-dealkylation sites (tertiary alicyclic amines) is 1. The van der Waals surface area contributed by atoms with Crippen molar-refractivity contribution in [2.45, 2.75) is 26.2 Å². The molecular formula is C16H23BrN2O. The number of benzene rings is 1. The summed E-state index contributed by atoms with van der Waals surface area (Å²) < 4.78 is 1.09. The molecule has 2 N–H and O–H groups in total. The van der Waals surface area contributed by atoms with Crippen molar-refractivity contribution in [1.29, 1.82) is 0 Å². The molecule has 0 aromatic heterocycles. The van der Waals surface area contributed by atoms with Crippen LogP contribution >= 0.6 is 15.9 Å². The molecule has 3 nitrogen and oxygen atoms in total. The number of hydrogen-bond donors (Lipinski definition) is 1. The zero-order chi connectivity index (χ0) is 14.5. The lowest BCUT2D eigenvalue weighted by Gasteiger charge is -2.23. The maximum absolute atomic E-state index is 12.6. The lowest BCUT2D eigenvalue weighted by Crippen LogP contribution is -2.35. The van der Waals surface area contributed by atoms with Crippen LogP contribution < -0.4 is 5.73 Å². The van der Waals surface area contributed by atoms with Crippen molar-refractivity contribution in [3.05, 3.63) is 34.3 Å². The zero-order valence-corrected chi connectivity index (χ0v) is 13.6. The number of hydrogen-bond acceptors (Lipinski definition) is 2. The van der Waals surface area contributed by atoms with Crippen molar-refractivity contribution < 1.29 is 4.79 Å². The monoisotopic (exact) mass is 338 g/mol. The van der Waals surface area contributed by atoms with Gasteiger partial charge in [-0.2, -0.15) is 0 Å². The molecule has 4 heteroatoms. The highest BCUT2D eigenvalue weighted by molar-refractivity contribution is 9.10. The summed E-state index contributed by atoms with van der Waals surface area (Å²) in [6.07, 6.45) is 2.73. The molecule has 1 aromatic rings. The molecule has 110 valence electrons. The van der Waals surface area contributed by atoms with E-state index in [2.05, 4.69) is 28.9 Å². The Hall–Kier alpha value is -0.870. The second-order valence-electron chi connectivity index (χ2n) is 5.58. The van der Waals surface area contributed by atoms with E-state index in [9.17, 15) is 4.79 Å². The molecule has 1 aliphatic heterocycles. The molecule has 20 heavy (non-hydrogen) atoms. The molecule has 0 bridgehead atoms. The van der Waals surface area contributed by atoms with Crippen LogP contribution in [0.2, 0.25) is 0 Å². The van der Waals surface area contributed by atoms with Gasteiger partial charge < -0.3 is 10.6 Å². The van der Waals surface area contributed by atoms with Gasteiger partial charge in [0.25, 0.3) is 0 Å². The van der Waals surface area contributed by atoms with Gasteiger partial charge in [0.15, 0.2) is 0 Å². The standard InChI is InChI=1S/C16H23BrN2O/c1-2-13(9-14-5-3-4-6-15(14)17)16(20)19-8-7-12(10-18)11-19/h3-6,12-13H,2,7-11,18H2,1H3/t12-,13-/m1/s1. The van der Waals surface area contributed by atoms with Gasteiger partial charge in [0, 0.05) is 23.5 Å². The van der Waals surface area contributed by atoms with E-state index in [0.29, 0.717) is 18.4 Å². The third-order valence-electron chi connectivity index (χ3n) is 4.20. The quantitative estimate of drug-likeness (QED) is 0.897. The predicted molar refractivity (Wildman–Crippen MR) is 85.4 cm³/mol. The summed E-state index contributed by atoms with van der Waals surface area (Å²) >= 11 is 3.57. The van der Waals surface area contributed by atoms with Crippen molar-refractivity contribution in [3.8, 4) is 0 Å². The van der Waals surface area contributed by atoms with Crippen molar-refractivity contribution in [2.75, 3.05) is 19.6 Å². The number of nitrogens with zero attached hydrogens (tertiary/aromatic N) is 1. The van der Waals surface area contributed by atoms with Crippen LogP contribution in [-0.4, -0.2) is 30.4 Å². The van der Waals surface area contributed by atoms with Crippen LogP contribution in [0.4, 0.5) is 0 Å². The Morgan fingerprint density at radius 1 is 1.50 bits per heavy atom. The third kappa shape index (κ3) is 3.61. The van der Waals surface area contributed by atoms with Crippen LogP contribution in [-0.2, 0) is 11.2 Å². The average Bonchev–Trinajstić information content (AvgIpc) is 2.94. The van der Waals surface area contributed by atoms with Gasteiger partial charge in [-0.15, -0.1) is 0 Å². The molecule has 1 aliphatic rings. The van der Waals surface area contributed by atoms with Gasteiger partial charge in [-0.3, -0.25) is 4.79 Å². The summed E-state index contributed by atoms with van der Waals surface area (Å²) in [6, 6.07) is 8.15. The number of nitrogens with two attached hydrogens (primary N) is 1. The number of carbonyl (C=O) groups excluding carboxylic acids is 1. The van der Waals surface area contributed by atoms with E-state index >= 15 is 0 Å². The molecule has 0 saturated carbocycles. The number of halogens is 1. The highest BCUT2D eigenvalue weighted by Gasteiger charge is 2.29. The molecule has 1 heterocycles. The van der Waals surface area contributed by atoms with E-state index < -0.39 is 0 Å². The van der Waals surface area contributed by atoms with Crippen LogP contribution in [0.5, 0.6) is 0 Å². The first-order valence-corrected chi connectivity index (χ1v) is 8.17. The van der Waals surface area contributed by atoms with Crippen LogP contribution in [0.15, 0.2) is 28.7 Å². The molecule has 1 aromatic carbocycles. The largest absolute Gasteiger partial charge is 0.342 e. The lowest BCUT2D eigenvalue weighted by atomic mass is 9.95. The van der Waals surface area contributed by atoms with E-state index in [0.717, 1.165) is 36.8 Å². The first-order valence-electron chi connectivity index (χ1n) is 7.38. The van der Waals surface area contributed by atoms with Gasteiger partial charge in [-0.25, -0.2) is 0 Å². The smallest absolute Gasteiger partial charge is 0.226 e. The Balaban J connectivity index is 2.01. The minimum Gasteiger partial charge on any atom is -0.342 e. The molecular weight excluding hydrogens is 316 g/mol.